The van der Waals surface area contributed by atoms with Gasteiger partial charge < -0.3 is 10.2 Å². The van der Waals surface area contributed by atoms with Crippen molar-refractivity contribution in [1.82, 2.24) is 10.2 Å². The minimum absolute atomic E-state index is 0.00930. The van der Waals surface area contributed by atoms with Gasteiger partial charge in [-0.25, -0.2) is 0 Å². The van der Waals surface area contributed by atoms with Crippen molar-refractivity contribution in [3.8, 4) is 0 Å². The summed E-state index contributed by atoms with van der Waals surface area (Å²) in [5, 5.41) is 2.90. The number of likely N-dealkylation sites (tertiary alicyclic amines) is 1. The smallest absolute Gasteiger partial charge is 0.355 e. The first-order valence-electron chi connectivity index (χ1n) is 9.63. The van der Waals surface area contributed by atoms with E-state index in [1.54, 1.807) is 0 Å². The van der Waals surface area contributed by atoms with Gasteiger partial charge in [0.1, 0.15) is 0 Å². The third-order valence-electron chi connectivity index (χ3n) is 5.07. The number of hydrogen-bond donors (Lipinski definition) is 1. The van der Waals surface area contributed by atoms with E-state index in [9.17, 15) is 22.8 Å². The molecule has 4 nitrogen and oxygen atoms in total. The van der Waals surface area contributed by atoms with Gasteiger partial charge in [0.2, 0.25) is 5.91 Å². The largest absolute Gasteiger partial charge is 0.416 e. The van der Waals surface area contributed by atoms with Crippen molar-refractivity contribution in [2.45, 2.75) is 25.4 Å². The predicted molar refractivity (Wildman–Crippen MR) is 103 cm³/mol. The number of alkyl halides is 3. The van der Waals surface area contributed by atoms with Gasteiger partial charge in [-0.15, -0.1) is 0 Å². The van der Waals surface area contributed by atoms with Crippen molar-refractivity contribution in [2.24, 2.45) is 5.92 Å². The van der Waals surface area contributed by atoms with Crippen LogP contribution in [-0.2, 0) is 17.4 Å². The first-order valence-corrected chi connectivity index (χ1v) is 9.63. The summed E-state index contributed by atoms with van der Waals surface area (Å²) in [6, 6.07) is 14.2. The number of piperidine rings is 1. The molecule has 1 saturated heterocycles. The molecule has 0 aliphatic carbocycles. The zero-order valence-electron chi connectivity index (χ0n) is 15.9. The molecule has 1 heterocycles. The fourth-order valence-corrected chi connectivity index (χ4v) is 3.51. The molecule has 0 spiro atoms. The van der Waals surface area contributed by atoms with Gasteiger partial charge in [-0.1, -0.05) is 36.4 Å². The summed E-state index contributed by atoms with van der Waals surface area (Å²) in [6.45, 7) is 1.15. The lowest BCUT2D eigenvalue weighted by molar-refractivity contribution is -0.137. The highest BCUT2D eigenvalue weighted by Crippen LogP contribution is 2.30. The average molecular weight is 404 g/mol. The lowest BCUT2D eigenvalue weighted by atomic mass is 9.96. The van der Waals surface area contributed by atoms with E-state index in [0.29, 0.717) is 32.4 Å². The van der Waals surface area contributed by atoms with E-state index in [1.165, 1.54) is 17.0 Å². The van der Waals surface area contributed by atoms with Gasteiger partial charge in [0.15, 0.2) is 0 Å². The molecule has 2 aromatic rings. The Morgan fingerprint density at radius 1 is 1.07 bits per heavy atom. The van der Waals surface area contributed by atoms with Crippen LogP contribution in [0.15, 0.2) is 54.6 Å². The number of carbonyl (C=O) groups is 2. The molecule has 0 bridgehead atoms. The summed E-state index contributed by atoms with van der Waals surface area (Å²) >= 11 is 0. The Bertz CT molecular complexity index is 853. The number of amides is 2. The second-order valence-electron chi connectivity index (χ2n) is 7.20. The minimum Gasteiger partial charge on any atom is -0.355 e. The van der Waals surface area contributed by atoms with Crippen LogP contribution < -0.4 is 5.32 Å². The van der Waals surface area contributed by atoms with E-state index < -0.39 is 17.6 Å². The molecular formula is C22H23F3N2O2. The number of nitrogens with one attached hydrogen (secondary N) is 1. The van der Waals surface area contributed by atoms with Crippen molar-refractivity contribution in [1.29, 1.82) is 0 Å². The molecule has 2 amide bonds. The first-order chi connectivity index (χ1) is 13.8. The van der Waals surface area contributed by atoms with Gasteiger partial charge in [-0.2, -0.15) is 13.2 Å². The van der Waals surface area contributed by atoms with Crippen LogP contribution in [-0.4, -0.2) is 36.3 Å². The normalized spacial score (nSPS) is 17.1. The summed E-state index contributed by atoms with van der Waals surface area (Å²) in [6.07, 6.45) is -2.49. The quantitative estimate of drug-likeness (QED) is 0.821. The average Bonchev–Trinajstić information content (AvgIpc) is 2.73. The van der Waals surface area contributed by atoms with Crippen LogP contribution in [0.5, 0.6) is 0 Å². The molecule has 1 aliphatic rings. The van der Waals surface area contributed by atoms with Crippen molar-refractivity contribution in [3.05, 3.63) is 71.3 Å². The van der Waals surface area contributed by atoms with Gasteiger partial charge in [0.05, 0.1) is 11.5 Å². The van der Waals surface area contributed by atoms with Crippen LogP contribution in [0.3, 0.4) is 0 Å². The van der Waals surface area contributed by atoms with Crippen molar-refractivity contribution in [3.63, 3.8) is 0 Å². The monoisotopic (exact) mass is 404 g/mol. The molecule has 7 heteroatoms. The fourth-order valence-electron chi connectivity index (χ4n) is 3.51. The fraction of sp³-hybridized carbons (Fsp3) is 0.364. The Balaban J connectivity index is 1.57. The Hall–Kier alpha value is -2.83. The van der Waals surface area contributed by atoms with Gasteiger partial charge in [-0.3, -0.25) is 9.59 Å². The topological polar surface area (TPSA) is 49.4 Å². The van der Waals surface area contributed by atoms with E-state index in [2.05, 4.69) is 5.32 Å². The van der Waals surface area contributed by atoms with E-state index >= 15 is 0 Å². The summed E-state index contributed by atoms with van der Waals surface area (Å²) < 4.78 is 38.7. The predicted octanol–water partition coefficient (Wildman–Crippen LogP) is 3.92. The molecule has 1 fully saturated rings. The molecule has 1 N–H and O–H groups in total. The van der Waals surface area contributed by atoms with E-state index in [0.717, 1.165) is 17.7 Å². The number of halogens is 3. The molecule has 29 heavy (non-hydrogen) atoms. The zero-order chi connectivity index (χ0) is 20.9. The number of rotatable bonds is 5. The second-order valence-corrected chi connectivity index (χ2v) is 7.20. The van der Waals surface area contributed by atoms with Gasteiger partial charge >= 0.3 is 6.18 Å². The SMILES string of the molecule is O=C(NCCc1ccccc1)[C@@H]1CCCN(C(=O)c2cccc(C(F)(F)F)c2)C1. The Morgan fingerprint density at radius 2 is 1.83 bits per heavy atom. The molecule has 0 saturated carbocycles. The lowest BCUT2D eigenvalue weighted by Gasteiger charge is -2.32. The number of nitrogens with zero attached hydrogens (tertiary/aromatic N) is 1. The van der Waals surface area contributed by atoms with Crippen LogP contribution in [0.4, 0.5) is 13.2 Å². The van der Waals surface area contributed by atoms with Gasteiger partial charge in [0.25, 0.3) is 5.91 Å². The Kier molecular flexibility index (Phi) is 6.56. The number of benzene rings is 2. The van der Waals surface area contributed by atoms with Gasteiger partial charge in [-0.05, 0) is 43.0 Å². The molecule has 0 unspecified atom stereocenters. The van der Waals surface area contributed by atoms with Gasteiger partial charge in [0, 0.05) is 25.2 Å². The second kappa shape index (κ2) is 9.11. The zero-order valence-corrected chi connectivity index (χ0v) is 15.9. The standard InChI is InChI=1S/C22H23F3N2O2/c23-22(24,25)19-10-4-8-17(14-19)21(29)27-13-5-9-18(15-27)20(28)26-12-11-16-6-2-1-3-7-16/h1-4,6-8,10,14,18H,5,9,11-13,15H2,(H,26,28)/t18-/m1/s1. The maximum absolute atomic E-state index is 12.9. The molecular weight excluding hydrogens is 381 g/mol. The Labute approximate surface area is 167 Å². The summed E-state index contributed by atoms with van der Waals surface area (Å²) in [4.78, 5) is 26.6. The maximum Gasteiger partial charge on any atom is 0.416 e. The van der Waals surface area contributed by atoms with Crippen LogP contribution in [0.25, 0.3) is 0 Å². The third kappa shape index (κ3) is 5.59. The van der Waals surface area contributed by atoms with Crippen LogP contribution >= 0.6 is 0 Å². The lowest BCUT2D eigenvalue weighted by Crippen LogP contribution is -2.45. The highest BCUT2D eigenvalue weighted by atomic mass is 19.4. The molecule has 154 valence electrons. The van der Waals surface area contributed by atoms with E-state index in [4.69, 9.17) is 0 Å². The van der Waals surface area contributed by atoms with Crippen LogP contribution in [0.1, 0.15) is 34.3 Å². The summed E-state index contributed by atoms with van der Waals surface area (Å²) in [5.41, 5.74) is 0.262. The number of hydrogen-bond acceptors (Lipinski definition) is 2. The summed E-state index contributed by atoms with van der Waals surface area (Å²) in [5.74, 6) is -0.949. The third-order valence-corrected chi connectivity index (χ3v) is 5.07. The molecule has 0 aromatic heterocycles. The Morgan fingerprint density at radius 3 is 2.55 bits per heavy atom. The summed E-state index contributed by atoms with van der Waals surface area (Å²) in [7, 11) is 0. The number of carbonyl (C=O) groups excluding carboxylic acids is 2. The van der Waals surface area contributed by atoms with Crippen molar-refractivity contribution >= 4 is 11.8 Å². The van der Waals surface area contributed by atoms with Crippen molar-refractivity contribution < 1.29 is 22.8 Å². The van der Waals surface area contributed by atoms with Crippen molar-refractivity contribution in [2.75, 3.05) is 19.6 Å². The molecule has 3 rings (SSSR count). The molecule has 1 atom stereocenters. The highest BCUT2D eigenvalue weighted by molar-refractivity contribution is 5.95. The minimum atomic E-state index is -4.50. The van der Waals surface area contributed by atoms with E-state index in [-0.39, 0.29) is 23.9 Å². The molecule has 0 radical (unpaired) electrons. The van der Waals surface area contributed by atoms with Crippen LogP contribution in [0.2, 0.25) is 0 Å². The molecule has 1 aliphatic heterocycles. The highest BCUT2D eigenvalue weighted by Gasteiger charge is 2.32. The van der Waals surface area contributed by atoms with Crippen LogP contribution in [0, 0.1) is 5.92 Å². The van der Waals surface area contributed by atoms with E-state index in [1.807, 2.05) is 30.3 Å². The maximum atomic E-state index is 12.9. The first kappa shape index (κ1) is 20.9. The molecule has 2 aromatic carbocycles.